The van der Waals surface area contributed by atoms with Gasteiger partial charge in [-0.25, -0.2) is 13.1 Å². The molecule has 0 saturated carbocycles. The van der Waals surface area contributed by atoms with Crippen LogP contribution in [0.5, 0.6) is 5.75 Å². The molecule has 8 heteroatoms. The molecule has 2 rings (SSSR count). The summed E-state index contributed by atoms with van der Waals surface area (Å²) in [6.07, 6.45) is 0. The van der Waals surface area contributed by atoms with E-state index >= 15 is 0 Å². The summed E-state index contributed by atoms with van der Waals surface area (Å²) < 4.78 is 32.5. The number of hydrogen-bond donors (Lipinski definition) is 2. The van der Waals surface area contributed by atoms with E-state index in [9.17, 15) is 13.2 Å². The minimum Gasteiger partial charge on any atom is -0.497 e. The van der Waals surface area contributed by atoms with Gasteiger partial charge in [-0.3, -0.25) is 4.79 Å². The first-order valence-electron chi connectivity index (χ1n) is 8.30. The number of ether oxygens (including phenoxy) is 1. The van der Waals surface area contributed by atoms with Gasteiger partial charge < -0.3 is 10.1 Å². The Bertz CT molecular complexity index is 889. The summed E-state index contributed by atoms with van der Waals surface area (Å²) in [4.78, 5) is 13.2. The van der Waals surface area contributed by atoms with Crippen molar-refractivity contribution in [1.82, 2.24) is 4.72 Å². The number of carbonyl (C=O) groups excluding carboxylic acids is 1. The van der Waals surface area contributed by atoms with Crippen LogP contribution in [0.15, 0.2) is 58.3 Å². The number of sulfonamides is 1. The number of rotatable bonds is 7. The normalized spacial score (nSPS) is 11.9. The molecule has 2 aromatic carbocycles. The van der Waals surface area contributed by atoms with Gasteiger partial charge in [0.1, 0.15) is 5.75 Å². The van der Waals surface area contributed by atoms with Gasteiger partial charge in [-0.1, -0.05) is 6.07 Å². The maximum atomic E-state index is 12.4. The van der Waals surface area contributed by atoms with Crippen LogP contribution in [-0.2, 0) is 14.8 Å². The summed E-state index contributed by atoms with van der Waals surface area (Å²) in [5.41, 5.74) is -0.153. The molecule has 0 aliphatic carbocycles. The quantitative estimate of drug-likeness (QED) is 0.685. The largest absolute Gasteiger partial charge is 0.497 e. The second-order valence-electron chi connectivity index (χ2n) is 6.90. The summed E-state index contributed by atoms with van der Waals surface area (Å²) in [6, 6.07) is 13.6. The summed E-state index contributed by atoms with van der Waals surface area (Å²) >= 11 is 1.39. The van der Waals surface area contributed by atoms with E-state index in [-0.39, 0.29) is 16.6 Å². The number of methoxy groups -OCH3 is 1. The molecule has 0 atom stereocenters. The van der Waals surface area contributed by atoms with Gasteiger partial charge in [0.05, 0.1) is 17.8 Å². The number of nitrogens with one attached hydrogen (secondary N) is 2. The second kappa shape index (κ2) is 8.77. The molecule has 27 heavy (non-hydrogen) atoms. The highest BCUT2D eigenvalue weighted by Gasteiger charge is 2.22. The lowest BCUT2D eigenvalue weighted by Crippen LogP contribution is -2.40. The highest BCUT2D eigenvalue weighted by Crippen LogP contribution is 2.22. The van der Waals surface area contributed by atoms with Crippen molar-refractivity contribution in [2.45, 2.75) is 36.1 Å². The van der Waals surface area contributed by atoms with Gasteiger partial charge in [-0.2, -0.15) is 0 Å². The molecule has 0 unspecified atom stereocenters. The van der Waals surface area contributed by atoms with Crippen LogP contribution in [0.4, 0.5) is 5.69 Å². The third kappa shape index (κ3) is 6.89. The number of benzene rings is 2. The van der Waals surface area contributed by atoms with E-state index in [0.717, 1.165) is 10.6 Å². The minimum atomic E-state index is -3.66. The van der Waals surface area contributed by atoms with Crippen LogP contribution in [0.25, 0.3) is 0 Å². The Morgan fingerprint density at radius 2 is 1.78 bits per heavy atom. The first kappa shape index (κ1) is 21.3. The van der Waals surface area contributed by atoms with E-state index in [1.807, 2.05) is 24.3 Å². The molecule has 0 aromatic heterocycles. The fourth-order valence-corrected chi connectivity index (χ4v) is 4.38. The monoisotopic (exact) mass is 408 g/mol. The Morgan fingerprint density at radius 3 is 2.37 bits per heavy atom. The number of carbonyl (C=O) groups is 1. The van der Waals surface area contributed by atoms with Gasteiger partial charge in [0, 0.05) is 16.1 Å². The summed E-state index contributed by atoms with van der Waals surface area (Å²) in [7, 11) is -2.06. The average Bonchev–Trinajstić information content (AvgIpc) is 2.58. The van der Waals surface area contributed by atoms with Crippen LogP contribution in [0, 0.1) is 0 Å². The number of hydrogen-bond acceptors (Lipinski definition) is 5. The van der Waals surface area contributed by atoms with Crippen LogP contribution >= 0.6 is 11.8 Å². The maximum absolute atomic E-state index is 12.4. The van der Waals surface area contributed by atoms with E-state index in [2.05, 4.69) is 10.0 Å². The Labute approximate surface area is 164 Å². The van der Waals surface area contributed by atoms with Crippen LogP contribution in [-0.4, -0.2) is 32.7 Å². The molecule has 0 fully saturated rings. The predicted octanol–water partition coefficient (Wildman–Crippen LogP) is 3.50. The Balaban J connectivity index is 1.99. The van der Waals surface area contributed by atoms with Crippen LogP contribution in [0.2, 0.25) is 0 Å². The molecule has 146 valence electrons. The molecule has 0 bridgehead atoms. The molecule has 6 nitrogen and oxygen atoms in total. The van der Waals surface area contributed by atoms with Crippen LogP contribution < -0.4 is 14.8 Å². The van der Waals surface area contributed by atoms with Gasteiger partial charge in [-0.15, -0.1) is 11.8 Å². The summed E-state index contributed by atoms with van der Waals surface area (Å²) in [6.45, 7) is 5.31. The third-order valence-corrected chi connectivity index (χ3v) is 6.07. The number of anilines is 1. The Kier molecular flexibility index (Phi) is 6.91. The SMILES string of the molecule is COc1ccc(SCC(=O)Nc2cccc(S(=O)(=O)NC(C)(C)C)c2)cc1. The molecule has 0 aliphatic heterocycles. The first-order valence-corrected chi connectivity index (χ1v) is 10.8. The predicted molar refractivity (Wildman–Crippen MR) is 109 cm³/mol. The molecule has 0 heterocycles. The summed E-state index contributed by atoms with van der Waals surface area (Å²) in [5.74, 6) is 0.753. The van der Waals surface area contributed by atoms with Crippen molar-refractivity contribution in [3.05, 3.63) is 48.5 Å². The van der Waals surface area contributed by atoms with E-state index in [1.165, 1.54) is 23.9 Å². The first-order chi connectivity index (χ1) is 12.6. The summed E-state index contributed by atoms with van der Waals surface area (Å²) in [5, 5.41) is 2.73. The zero-order valence-corrected chi connectivity index (χ0v) is 17.4. The van der Waals surface area contributed by atoms with Crippen molar-refractivity contribution in [3.8, 4) is 5.75 Å². The maximum Gasteiger partial charge on any atom is 0.241 e. The minimum absolute atomic E-state index is 0.109. The van der Waals surface area contributed by atoms with Gasteiger partial charge >= 0.3 is 0 Å². The fraction of sp³-hybridized carbons (Fsp3) is 0.316. The number of thioether (sulfide) groups is 1. The van der Waals surface area contributed by atoms with Gasteiger partial charge in [0.25, 0.3) is 0 Å². The molecule has 1 amide bonds. The second-order valence-corrected chi connectivity index (χ2v) is 9.63. The van der Waals surface area contributed by atoms with Crippen LogP contribution in [0.3, 0.4) is 0 Å². The number of amides is 1. The zero-order chi connectivity index (χ0) is 20.1. The van der Waals surface area contributed by atoms with Gasteiger partial charge in [0.2, 0.25) is 15.9 Å². The molecule has 0 spiro atoms. The Morgan fingerprint density at radius 1 is 1.11 bits per heavy atom. The highest BCUT2D eigenvalue weighted by molar-refractivity contribution is 8.00. The topological polar surface area (TPSA) is 84.5 Å². The highest BCUT2D eigenvalue weighted by atomic mass is 32.2. The fourth-order valence-electron chi connectivity index (χ4n) is 2.22. The molecular formula is C19H24N2O4S2. The molecule has 2 N–H and O–H groups in total. The standard InChI is InChI=1S/C19H24N2O4S2/c1-19(2,3)21-27(23,24)17-7-5-6-14(12-17)20-18(22)13-26-16-10-8-15(25-4)9-11-16/h5-12,21H,13H2,1-4H3,(H,20,22). The average molecular weight is 409 g/mol. The van der Waals surface area contributed by atoms with Crippen molar-refractivity contribution < 1.29 is 17.9 Å². The zero-order valence-electron chi connectivity index (χ0n) is 15.8. The van der Waals surface area contributed by atoms with Gasteiger partial charge in [-0.05, 0) is 63.2 Å². The van der Waals surface area contributed by atoms with E-state index < -0.39 is 15.6 Å². The lowest BCUT2D eigenvalue weighted by Gasteiger charge is -2.20. The lowest BCUT2D eigenvalue weighted by atomic mass is 10.1. The van der Waals surface area contributed by atoms with Crippen molar-refractivity contribution >= 4 is 33.4 Å². The van der Waals surface area contributed by atoms with E-state index in [1.54, 1.807) is 40.0 Å². The third-order valence-electron chi connectivity index (χ3n) is 3.30. The molecule has 0 saturated heterocycles. The molecular weight excluding hydrogens is 384 g/mol. The van der Waals surface area contributed by atoms with Crippen molar-refractivity contribution in [1.29, 1.82) is 0 Å². The Hall–Kier alpha value is -2.03. The van der Waals surface area contributed by atoms with Crippen molar-refractivity contribution in [3.63, 3.8) is 0 Å². The van der Waals surface area contributed by atoms with Crippen molar-refractivity contribution in [2.24, 2.45) is 0 Å². The molecule has 2 aromatic rings. The molecule has 0 radical (unpaired) electrons. The van der Waals surface area contributed by atoms with Crippen molar-refractivity contribution in [2.75, 3.05) is 18.2 Å². The smallest absolute Gasteiger partial charge is 0.241 e. The van der Waals surface area contributed by atoms with Crippen LogP contribution in [0.1, 0.15) is 20.8 Å². The van der Waals surface area contributed by atoms with Gasteiger partial charge in [0.15, 0.2) is 0 Å². The van der Waals surface area contributed by atoms with E-state index in [4.69, 9.17) is 4.74 Å². The molecule has 0 aliphatic rings. The lowest BCUT2D eigenvalue weighted by molar-refractivity contribution is -0.113. The van der Waals surface area contributed by atoms with E-state index in [0.29, 0.717) is 5.69 Å².